The van der Waals surface area contributed by atoms with Crippen LogP contribution in [0.4, 0.5) is 0 Å². The van der Waals surface area contributed by atoms with E-state index >= 15 is 0 Å². The molecule has 6 nitrogen and oxygen atoms in total. The fraction of sp³-hybridized carbons (Fsp3) is 0.897. The van der Waals surface area contributed by atoms with E-state index in [1.165, 1.54) is 83.5 Å². The Hall–Kier alpha value is -1.43. The lowest BCUT2D eigenvalue weighted by molar-refractivity contribution is -0.126. The molecule has 0 aromatic carbocycles. The van der Waals surface area contributed by atoms with Gasteiger partial charge in [-0.15, -0.1) is 0 Å². The smallest absolute Gasteiger partial charge is 0.239 e. The van der Waals surface area contributed by atoms with Crippen LogP contribution in [0.25, 0.3) is 0 Å². The van der Waals surface area contributed by atoms with Gasteiger partial charge in [-0.1, -0.05) is 97.8 Å². The molecule has 0 saturated carbocycles. The first-order chi connectivity index (χ1) is 16.8. The first kappa shape index (κ1) is 33.6. The van der Waals surface area contributed by atoms with Crippen molar-refractivity contribution in [3.8, 4) is 0 Å². The number of Topliss-reactive ketones (excluding diaryl/α,β-unsaturated/α-hetero) is 1. The molecule has 0 unspecified atom stereocenters. The second-order valence-electron chi connectivity index (χ2n) is 11.0. The van der Waals surface area contributed by atoms with Gasteiger partial charge in [0.2, 0.25) is 11.8 Å². The van der Waals surface area contributed by atoms with Crippen LogP contribution >= 0.6 is 0 Å². The van der Waals surface area contributed by atoms with E-state index in [-0.39, 0.29) is 23.8 Å². The van der Waals surface area contributed by atoms with Gasteiger partial charge in [0.1, 0.15) is 5.78 Å². The van der Waals surface area contributed by atoms with Gasteiger partial charge in [0.25, 0.3) is 0 Å². The zero-order valence-electron chi connectivity index (χ0n) is 23.6. The minimum absolute atomic E-state index is 0.0284. The van der Waals surface area contributed by atoms with Gasteiger partial charge < -0.3 is 16.0 Å². The number of hydrogen-bond donors (Lipinski definition) is 3. The summed E-state index contributed by atoms with van der Waals surface area (Å²) in [5.74, 6) is 0.213. The van der Waals surface area contributed by atoms with E-state index in [0.717, 1.165) is 38.8 Å². The molecule has 0 atom stereocenters. The van der Waals surface area contributed by atoms with Gasteiger partial charge in [-0.05, 0) is 38.8 Å². The van der Waals surface area contributed by atoms with Crippen LogP contribution in [0.15, 0.2) is 0 Å². The number of rotatable bonds is 24. The van der Waals surface area contributed by atoms with Crippen LogP contribution in [0.1, 0.15) is 136 Å². The molecule has 0 spiro atoms. The highest BCUT2D eigenvalue weighted by molar-refractivity contribution is 5.84. The lowest BCUT2D eigenvalue weighted by Gasteiger charge is -2.16. The lowest BCUT2D eigenvalue weighted by atomic mass is 9.88. The van der Waals surface area contributed by atoms with Crippen molar-refractivity contribution in [1.29, 1.82) is 0 Å². The number of unbranched alkanes of at least 4 members (excludes halogenated alkanes) is 14. The fourth-order valence-electron chi connectivity index (χ4n) is 4.05. The zero-order valence-corrected chi connectivity index (χ0v) is 23.6. The van der Waals surface area contributed by atoms with Crippen molar-refractivity contribution in [2.45, 2.75) is 136 Å². The minimum atomic E-state index is -0.173. The van der Waals surface area contributed by atoms with Crippen molar-refractivity contribution in [2.24, 2.45) is 5.41 Å². The van der Waals surface area contributed by atoms with Gasteiger partial charge in [0.05, 0.1) is 6.54 Å². The number of ketones is 1. The summed E-state index contributed by atoms with van der Waals surface area (Å²) in [6.07, 6.45) is 21.0. The molecule has 0 heterocycles. The summed E-state index contributed by atoms with van der Waals surface area (Å²) in [6, 6.07) is 0. The maximum atomic E-state index is 11.9. The van der Waals surface area contributed by atoms with Crippen molar-refractivity contribution in [3.63, 3.8) is 0 Å². The average Bonchev–Trinajstić information content (AvgIpc) is 2.82. The molecule has 0 rings (SSSR count). The van der Waals surface area contributed by atoms with Gasteiger partial charge in [-0.2, -0.15) is 0 Å². The molecule has 0 fully saturated rings. The summed E-state index contributed by atoms with van der Waals surface area (Å²) in [5.41, 5.74) is -0.173. The molecular weight excluding hydrogens is 438 g/mol. The Bertz CT molecular complexity index is 544. The van der Waals surface area contributed by atoms with Crippen molar-refractivity contribution < 1.29 is 14.4 Å². The molecule has 0 bridgehead atoms. The second-order valence-corrected chi connectivity index (χ2v) is 11.0. The average molecular weight is 496 g/mol. The monoisotopic (exact) mass is 495 g/mol. The van der Waals surface area contributed by atoms with E-state index in [1.54, 1.807) is 7.05 Å². The van der Waals surface area contributed by atoms with Crippen LogP contribution in [0.3, 0.4) is 0 Å². The first-order valence-electron chi connectivity index (χ1n) is 14.5. The number of amides is 2. The third kappa shape index (κ3) is 24.1. The van der Waals surface area contributed by atoms with Gasteiger partial charge >= 0.3 is 0 Å². The third-order valence-electron chi connectivity index (χ3n) is 6.58. The van der Waals surface area contributed by atoms with Crippen LogP contribution in [-0.2, 0) is 14.4 Å². The van der Waals surface area contributed by atoms with Crippen molar-refractivity contribution in [1.82, 2.24) is 16.0 Å². The summed E-state index contributed by atoms with van der Waals surface area (Å²) < 4.78 is 0. The molecule has 0 aliphatic heterocycles. The lowest BCUT2D eigenvalue weighted by Crippen LogP contribution is -2.34. The molecule has 0 radical (unpaired) electrons. The van der Waals surface area contributed by atoms with Crippen LogP contribution in [-0.4, -0.2) is 44.3 Å². The second kappa shape index (κ2) is 23.0. The largest absolute Gasteiger partial charge is 0.358 e. The van der Waals surface area contributed by atoms with E-state index < -0.39 is 0 Å². The van der Waals surface area contributed by atoms with E-state index in [4.69, 9.17) is 0 Å². The van der Waals surface area contributed by atoms with E-state index in [1.807, 2.05) is 20.8 Å². The highest BCUT2D eigenvalue weighted by Crippen LogP contribution is 2.19. The topological polar surface area (TPSA) is 87.3 Å². The molecule has 35 heavy (non-hydrogen) atoms. The molecule has 0 aliphatic carbocycles. The quantitative estimate of drug-likeness (QED) is 0.142. The summed E-state index contributed by atoms with van der Waals surface area (Å²) in [7, 11) is 1.57. The molecule has 6 heteroatoms. The Morgan fingerprint density at radius 2 is 0.943 bits per heavy atom. The Balaban J connectivity index is 3.19. The first-order valence-corrected chi connectivity index (χ1v) is 14.5. The molecule has 2 amide bonds. The van der Waals surface area contributed by atoms with E-state index in [0.29, 0.717) is 12.2 Å². The highest BCUT2D eigenvalue weighted by atomic mass is 16.2. The van der Waals surface area contributed by atoms with Crippen LogP contribution in [0, 0.1) is 5.41 Å². The Morgan fingerprint density at radius 1 is 0.543 bits per heavy atom. The number of carbonyl (C=O) groups excluding carboxylic acids is 3. The Labute approximate surface area is 216 Å². The van der Waals surface area contributed by atoms with E-state index in [2.05, 4.69) is 16.0 Å². The minimum Gasteiger partial charge on any atom is -0.358 e. The summed E-state index contributed by atoms with van der Waals surface area (Å²) in [4.78, 5) is 34.5. The summed E-state index contributed by atoms with van der Waals surface area (Å²) >= 11 is 0. The van der Waals surface area contributed by atoms with Crippen molar-refractivity contribution >= 4 is 17.6 Å². The Kier molecular flexibility index (Phi) is 22.1. The maximum Gasteiger partial charge on any atom is 0.239 e. The van der Waals surface area contributed by atoms with Crippen molar-refractivity contribution in [2.75, 3.05) is 26.7 Å². The molecule has 0 saturated heterocycles. The van der Waals surface area contributed by atoms with Gasteiger partial charge in [-0.3, -0.25) is 14.4 Å². The number of hydrogen-bond acceptors (Lipinski definition) is 4. The van der Waals surface area contributed by atoms with Crippen LogP contribution < -0.4 is 16.0 Å². The molecule has 3 N–H and O–H groups in total. The normalized spacial score (nSPS) is 11.4. The maximum absolute atomic E-state index is 11.9. The van der Waals surface area contributed by atoms with Crippen LogP contribution in [0.5, 0.6) is 0 Å². The van der Waals surface area contributed by atoms with Gasteiger partial charge in [0.15, 0.2) is 0 Å². The standard InChI is InChI=1S/C29H57N3O3/c1-29(2,3)26(33)21-17-13-9-8-12-16-20-24-31-23-19-15-11-7-5-6-10-14-18-22-27(34)32-25-28(35)30-4/h31H,5-25H2,1-4H3,(H,30,35)(H,32,34). The predicted octanol–water partition coefficient (Wildman–Crippen LogP) is 6.08. The highest BCUT2D eigenvalue weighted by Gasteiger charge is 2.19. The molecule has 0 aromatic heterocycles. The third-order valence-corrected chi connectivity index (χ3v) is 6.58. The zero-order chi connectivity index (χ0) is 26.2. The SMILES string of the molecule is CNC(=O)CNC(=O)CCCCCCCCCCCNCCCCCCCCCC(=O)C(C)(C)C. The Morgan fingerprint density at radius 3 is 1.37 bits per heavy atom. The molecule has 0 aliphatic rings. The van der Waals surface area contributed by atoms with Crippen molar-refractivity contribution in [3.05, 3.63) is 0 Å². The molecular formula is C29H57N3O3. The summed E-state index contributed by atoms with van der Waals surface area (Å²) in [5, 5.41) is 8.71. The van der Waals surface area contributed by atoms with Crippen LogP contribution in [0.2, 0.25) is 0 Å². The molecule has 0 aromatic rings. The predicted molar refractivity (Wildman–Crippen MR) is 148 cm³/mol. The number of carbonyl (C=O) groups is 3. The van der Waals surface area contributed by atoms with Gasteiger partial charge in [-0.25, -0.2) is 0 Å². The van der Waals surface area contributed by atoms with E-state index in [9.17, 15) is 14.4 Å². The molecule has 206 valence electrons. The fourth-order valence-corrected chi connectivity index (χ4v) is 4.05. The van der Waals surface area contributed by atoms with Gasteiger partial charge in [0, 0.05) is 25.3 Å². The number of nitrogens with one attached hydrogen (secondary N) is 3. The number of likely N-dealkylation sites (N-methyl/N-ethyl adjacent to an activating group) is 1. The summed E-state index contributed by atoms with van der Waals surface area (Å²) in [6.45, 7) is 8.41.